The van der Waals surface area contributed by atoms with Crippen molar-refractivity contribution < 1.29 is 0 Å². The minimum atomic E-state index is 0.373. The van der Waals surface area contributed by atoms with Crippen LogP contribution in [0.4, 0.5) is 0 Å². The molecule has 0 radical (unpaired) electrons. The summed E-state index contributed by atoms with van der Waals surface area (Å²) in [5, 5.41) is 0.606. The molecule has 0 aliphatic heterocycles. The molecule has 1 aromatic carbocycles. The third-order valence-corrected chi connectivity index (χ3v) is 5.53. The van der Waals surface area contributed by atoms with E-state index in [2.05, 4.69) is 58.8 Å². The van der Waals surface area contributed by atoms with Gasteiger partial charge in [0.25, 0.3) is 0 Å². The number of benzene rings is 1. The summed E-state index contributed by atoms with van der Waals surface area (Å²) in [6.45, 7) is 2.16. The summed E-state index contributed by atoms with van der Waals surface area (Å²) in [5.41, 5.74) is 3.94. The minimum absolute atomic E-state index is 0.373. The number of rotatable bonds is 3. The van der Waals surface area contributed by atoms with Crippen molar-refractivity contribution in [2.24, 2.45) is 0 Å². The smallest absolute Gasteiger partial charge is 0.146 e. The molecular weight excluding hydrogens is 383 g/mol. The lowest BCUT2D eigenvalue weighted by atomic mass is 10.1. The molecule has 0 bridgehead atoms. The molecule has 0 fully saturated rings. The molecule has 0 saturated carbocycles. The van der Waals surface area contributed by atoms with Crippen molar-refractivity contribution in [2.75, 3.05) is 0 Å². The third kappa shape index (κ3) is 2.70. The van der Waals surface area contributed by atoms with Crippen molar-refractivity contribution in [3.05, 3.63) is 55.6 Å². The molecule has 4 heteroatoms. The van der Waals surface area contributed by atoms with Crippen molar-refractivity contribution in [2.45, 2.75) is 38.5 Å². The van der Waals surface area contributed by atoms with Crippen molar-refractivity contribution in [1.82, 2.24) is 9.97 Å². The highest BCUT2D eigenvalue weighted by Gasteiger charge is 2.26. The van der Waals surface area contributed by atoms with E-state index in [1.54, 1.807) is 0 Å². The first-order chi connectivity index (χ1) is 9.69. The van der Waals surface area contributed by atoms with Gasteiger partial charge in [-0.15, -0.1) is 0 Å². The first-order valence-electron chi connectivity index (χ1n) is 6.97. The Morgan fingerprint density at radius 1 is 1.20 bits per heavy atom. The molecule has 0 unspecified atom stereocenters. The molecule has 0 spiro atoms. The van der Waals surface area contributed by atoms with Crippen LogP contribution in [0, 0.1) is 3.57 Å². The summed E-state index contributed by atoms with van der Waals surface area (Å²) in [5.74, 6) is 1.28. The molecule has 1 heterocycles. The monoisotopic (exact) mass is 398 g/mol. The number of hydrogen-bond donors (Lipinski definition) is 0. The zero-order valence-corrected chi connectivity index (χ0v) is 14.3. The summed E-state index contributed by atoms with van der Waals surface area (Å²) in [7, 11) is 0. The average molecular weight is 399 g/mol. The van der Waals surface area contributed by atoms with Crippen LogP contribution in [-0.2, 0) is 19.3 Å². The first kappa shape index (κ1) is 14.3. The summed E-state index contributed by atoms with van der Waals surface area (Å²) in [4.78, 5) is 9.31. The Hall–Kier alpha value is -0.680. The molecular formula is C16H16ClIN2. The predicted octanol–water partition coefficient (Wildman–Crippen LogP) is 4.57. The highest BCUT2D eigenvalue weighted by atomic mass is 127. The molecule has 1 aliphatic rings. The molecule has 2 nitrogen and oxygen atoms in total. The normalized spacial score (nSPS) is 14.6. The van der Waals surface area contributed by atoms with E-state index in [0.717, 1.165) is 40.8 Å². The van der Waals surface area contributed by atoms with Gasteiger partial charge >= 0.3 is 0 Å². The fourth-order valence-corrected chi connectivity index (χ4v) is 3.51. The third-order valence-electron chi connectivity index (χ3n) is 3.80. The van der Waals surface area contributed by atoms with Crippen LogP contribution < -0.4 is 0 Å². The fraction of sp³-hybridized carbons (Fsp3) is 0.375. The van der Waals surface area contributed by atoms with Gasteiger partial charge in [-0.25, -0.2) is 9.97 Å². The Kier molecular flexibility index (Phi) is 4.26. The van der Waals surface area contributed by atoms with Crippen LogP contribution in [0.2, 0.25) is 5.15 Å². The quantitative estimate of drug-likeness (QED) is 0.559. The van der Waals surface area contributed by atoms with Crippen molar-refractivity contribution in [3.63, 3.8) is 0 Å². The molecule has 20 heavy (non-hydrogen) atoms. The van der Waals surface area contributed by atoms with Crippen LogP contribution in [0.3, 0.4) is 0 Å². The maximum atomic E-state index is 6.29. The van der Waals surface area contributed by atoms with Crippen LogP contribution in [0.25, 0.3) is 0 Å². The Morgan fingerprint density at radius 3 is 2.45 bits per heavy atom. The number of aromatic nitrogens is 2. The Morgan fingerprint density at radius 2 is 1.85 bits per heavy atom. The number of aryl methyl sites for hydroxylation is 1. The predicted molar refractivity (Wildman–Crippen MR) is 90.3 cm³/mol. The topological polar surface area (TPSA) is 25.8 Å². The highest BCUT2D eigenvalue weighted by Crippen LogP contribution is 2.33. The summed E-state index contributed by atoms with van der Waals surface area (Å²) in [6.07, 6.45) is 4.10. The second kappa shape index (κ2) is 5.98. The standard InChI is InChI=1S/C16H16ClIN2/c1-2-5-13-14(18)15(17)20-16(19-13)12-8-10-6-3-4-7-11(10)9-12/h3-4,6-7,12H,2,5,8-9H2,1H3. The van der Waals surface area contributed by atoms with Gasteiger partial charge in [0.05, 0.1) is 9.26 Å². The largest absolute Gasteiger partial charge is 0.236 e. The van der Waals surface area contributed by atoms with E-state index in [-0.39, 0.29) is 0 Å². The first-order valence-corrected chi connectivity index (χ1v) is 8.43. The van der Waals surface area contributed by atoms with E-state index in [0.29, 0.717) is 11.1 Å². The zero-order chi connectivity index (χ0) is 14.1. The van der Waals surface area contributed by atoms with Crippen LogP contribution >= 0.6 is 34.2 Å². The van der Waals surface area contributed by atoms with Crippen molar-refractivity contribution in [1.29, 1.82) is 0 Å². The molecule has 0 atom stereocenters. The van der Waals surface area contributed by atoms with E-state index in [9.17, 15) is 0 Å². The highest BCUT2D eigenvalue weighted by molar-refractivity contribution is 14.1. The van der Waals surface area contributed by atoms with Crippen LogP contribution in [0.5, 0.6) is 0 Å². The number of fused-ring (bicyclic) bond motifs is 1. The van der Waals surface area contributed by atoms with Gasteiger partial charge in [0.1, 0.15) is 11.0 Å². The van der Waals surface area contributed by atoms with E-state index in [1.165, 1.54) is 11.1 Å². The van der Waals surface area contributed by atoms with E-state index >= 15 is 0 Å². The van der Waals surface area contributed by atoms with Gasteiger partial charge in [-0.2, -0.15) is 0 Å². The van der Waals surface area contributed by atoms with Crippen molar-refractivity contribution >= 4 is 34.2 Å². The lowest BCUT2D eigenvalue weighted by Crippen LogP contribution is -2.09. The van der Waals surface area contributed by atoms with Crippen molar-refractivity contribution in [3.8, 4) is 0 Å². The Labute approximate surface area is 138 Å². The number of nitrogens with zero attached hydrogens (tertiary/aromatic N) is 2. The van der Waals surface area contributed by atoms with Crippen LogP contribution in [-0.4, -0.2) is 9.97 Å². The molecule has 0 N–H and O–H groups in total. The Balaban J connectivity index is 1.93. The van der Waals surface area contributed by atoms with Gasteiger partial charge in [-0.05, 0) is 53.0 Å². The molecule has 1 aromatic heterocycles. The lowest BCUT2D eigenvalue weighted by Gasteiger charge is -2.12. The molecule has 0 amide bonds. The van der Waals surface area contributed by atoms with Crippen LogP contribution in [0.15, 0.2) is 24.3 Å². The van der Waals surface area contributed by atoms with Gasteiger partial charge in [-0.1, -0.05) is 49.2 Å². The lowest BCUT2D eigenvalue weighted by molar-refractivity contribution is 0.669. The van der Waals surface area contributed by atoms with Gasteiger partial charge < -0.3 is 0 Å². The van der Waals surface area contributed by atoms with E-state index < -0.39 is 0 Å². The molecule has 1 aliphatic carbocycles. The Bertz CT molecular complexity index is 617. The number of halogens is 2. The van der Waals surface area contributed by atoms with Crippen LogP contribution in [0.1, 0.15) is 41.9 Å². The second-order valence-corrected chi connectivity index (χ2v) is 6.69. The van der Waals surface area contributed by atoms with Gasteiger partial charge in [0, 0.05) is 5.92 Å². The molecule has 104 valence electrons. The fourth-order valence-electron chi connectivity index (χ4n) is 2.81. The maximum absolute atomic E-state index is 6.29. The van der Waals surface area contributed by atoms with Gasteiger partial charge in [0.15, 0.2) is 0 Å². The second-order valence-electron chi connectivity index (χ2n) is 5.26. The van der Waals surface area contributed by atoms with Gasteiger partial charge in [0.2, 0.25) is 0 Å². The summed E-state index contributed by atoms with van der Waals surface area (Å²) in [6, 6.07) is 8.62. The summed E-state index contributed by atoms with van der Waals surface area (Å²) < 4.78 is 1.00. The number of hydrogen-bond acceptors (Lipinski definition) is 2. The average Bonchev–Trinajstić information content (AvgIpc) is 2.87. The molecule has 0 saturated heterocycles. The molecule has 2 aromatic rings. The zero-order valence-electron chi connectivity index (χ0n) is 11.4. The molecule has 3 rings (SSSR count). The van der Waals surface area contributed by atoms with E-state index in [1.807, 2.05) is 0 Å². The minimum Gasteiger partial charge on any atom is -0.236 e. The van der Waals surface area contributed by atoms with Gasteiger partial charge in [-0.3, -0.25) is 0 Å². The summed E-state index contributed by atoms with van der Waals surface area (Å²) >= 11 is 8.54. The van der Waals surface area contributed by atoms with E-state index in [4.69, 9.17) is 16.6 Å². The maximum Gasteiger partial charge on any atom is 0.146 e. The SMILES string of the molecule is CCCc1nc(C2Cc3ccccc3C2)nc(Cl)c1I.